The van der Waals surface area contributed by atoms with Crippen LogP contribution in [-0.2, 0) is 6.18 Å². The molecule has 21 heavy (non-hydrogen) atoms. The first-order valence-corrected chi connectivity index (χ1v) is 6.19. The van der Waals surface area contributed by atoms with E-state index in [0.29, 0.717) is 0 Å². The molecular weight excluding hydrogens is 311 g/mol. The number of amides is 1. The number of alkyl halides is 3. The van der Waals surface area contributed by atoms with E-state index in [4.69, 9.17) is 5.11 Å². The molecule has 0 saturated carbocycles. The number of pyridine rings is 1. The maximum atomic E-state index is 12.3. The lowest BCUT2D eigenvalue weighted by Crippen LogP contribution is -2.13. The molecule has 0 fully saturated rings. The third-order valence-corrected chi connectivity index (χ3v) is 3.07. The van der Waals surface area contributed by atoms with Crippen molar-refractivity contribution in [2.45, 2.75) is 6.18 Å². The van der Waals surface area contributed by atoms with Gasteiger partial charge in [-0.25, -0.2) is 14.8 Å². The number of nitrogens with one attached hydrogen (secondary N) is 1. The van der Waals surface area contributed by atoms with E-state index in [2.05, 4.69) is 15.3 Å². The van der Waals surface area contributed by atoms with E-state index in [1.165, 1.54) is 5.38 Å². The molecule has 0 aliphatic heterocycles. The molecule has 0 spiro atoms. The number of anilines is 1. The van der Waals surface area contributed by atoms with E-state index in [1.54, 1.807) is 0 Å². The van der Waals surface area contributed by atoms with E-state index in [-0.39, 0.29) is 16.4 Å². The fourth-order valence-electron chi connectivity index (χ4n) is 1.30. The molecule has 0 aromatic carbocycles. The molecule has 2 rings (SSSR count). The van der Waals surface area contributed by atoms with Crippen LogP contribution in [0.15, 0.2) is 23.7 Å². The number of aromatic carboxylic acids is 1. The van der Waals surface area contributed by atoms with Crippen LogP contribution in [0.4, 0.5) is 18.9 Å². The zero-order valence-electron chi connectivity index (χ0n) is 10.0. The molecule has 0 aliphatic rings. The van der Waals surface area contributed by atoms with Crippen molar-refractivity contribution >= 4 is 28.9 Å². The molecule has 0 saturated heterocycles. The van der Waals surface area contributed by atoms with Crippen LogP contribution in [0, 0.1) is 0 Å². The van der Waals surface area contributed by atoms with Crippen molar-refractivity contribution in [2.24, 2.45) is 0 Å². The average molecular weight is 317 g/mol. The number of carboxylic acid groups (broad SMARTS) is 1. The van der Waals surface area contributed by atoms with Crippen LogP contribution in [0.3, 0.4) is 0 Å². The Morgan fingerprint density at radius 3 is 2.48 bits per heavy atom. The Kier molecular flexibility index (Phi) is 3.89. The molecule has 10 heteroatoms. The summed E-state index contributed by atoms with van der Waals surface area (Å²) in [5.74, 6) is -2.00. The predicted molar refractivity (Wildman–Crippen MR) is 66.3 cm³/mol. The largest absolute Gasteiger partial charge is 0.476 e. The van der Waals surface area contributed by atoms with Gasteiger partial charge in [0.15, 0.2) is 10.7 Å². The molecule has 1 amide bonds. The highest BCUT2D eigenvalue weighted by atomic mass is 32.1. The highest BCUT2D eigenvalue weighted by molar-refractivity contribution is 7.12. The summed E-state index contributed by atoms with van der Waals surface area (Å²) in [6, 6.07) is 1.76. The van der Waals surface area contributed by atoms with E-state index in [0.717, 1.165) is 29.7 Å². The van der Waals surface area contributed by atoms with Crippen LogP contribution in [0.1, 0.15) is 26.0 Å². The predicted octanol–water partition coefficient (Wildman–Crippen LogP) is 2.51. The fraction of sp³-hybridized carbons (Fsp3) is 0.0909. The van der Waals surface area contributed by atoms with Crippen molar-refractivity contribution in [1.82, 2.24) is 9.97 Å². The maximum absolute atomic E-state index is 12.3. The van der Waals surface area contributed by atoms with Crippen molar-refractivity contribution in [3.05, 3.63) is 40.1 Å². The summed E-state index contributed by atoms with van der Waals surface area (Å²) in [5.41, 5.74) is -1.32. The summed E-state index contributed by atoms with van der Waals surface area (Å²) in [7, 11) is 0. The van der Waals surface area contributed by atoms with Crippen molar-refractivity contribution in [1.29, 1.82) is 0 Å². The topological polar surface area (TPSA) is 92.2 Å². The lowest BCUT2D eigenvalue weighted by atomic mass is 10.3. The second kappa shape index (κ2) is 5.48. The van der Waals surface area contributed by atoms with E-state index < -0.39 is 23.7 Å². The van der Waals surface area contributed by atoms with Crippen molar-refractivity contribution in [2.75, 3.05) is 5.32 Å². The summed E-state index contributed by atoms with van der Waals surface area (Å²) < 4.78 is 36.9. The Bertz CT molecular complexity index is 682. The molecular formula is C11H6F3N3O3S. The second-order valence-electron chi connectivity index (χ2n) is 3.73. The normalized spacial score (nSPS) is 11.2. The van der Waals surface area contributed by atoms with Crippen molar-refractivity contribution in [3.8, 4) is 0 Å². The lowest BCUT2D eigenvalue weighted by Gasteiger charge is -2.06. The number of carboxylic acids is 1. The Labute approximate surface area is 119 Å². The van der Waals surface area contributed by atoms with Crippen LogP contribution >= 0.6 is 11.3 Å². The average Bonchev–Trinajstić information content (AvgIpc) is 2.88. The van der Waals surface area contributed by atoms with Gasteiger partial charge in [-0.3, -0.25) is 4.79 Å². The molecule has 0 atom stereocenters. The molecule has 2 aromatic heterocycles. The summed E-state index contributed by atoms with van der Waals surface area (Å²) in [6.07, 6.45) is -3.71. The minimum atomic E-state index is -4.56. The van der Waals surface area contributed by atoms with Gasteiger partial charge >= 0.3 is 12.1 Å². The number of nitrogens with zero attached hydrogens (tertiary/aromatic N) is 2. The van der Waals surface area contributed by atoms with Gasteiger partial charge in [0.1, 0.15) is 5.69 Å². The molecule has 2 heterocycles. The van der Waals surface area contributed by atoms with Gasteiger partial charge in [-0.05, 0) is 12.1 Å². The Hall–Kier alpha value is -2.49. The van der Waals surface area contributed by atoms with Crippen LogP contribution in [0.25, 0.3) is 0 Å². The first kappa shape index (κ1) is 14.9. The van der Waals surface area contributed by atoms with E-state index in [1.807, 2.05) is 0 Å². The standard InChI is InChI=1S/C11H6F3N3O3S/c12-11(13,14)7-2-1-5(3-15-7)16-8(18)9-17-6(4-21-9)10(19)20/h1-4H,(H,16,18)(H,19,20). The number of hydrogen-bond acceptors (Lipinski definition) is 5. The van der Waals surface area contributed by atoms with Gasteiger partial charge in [-0.1, -0.05) is 0 Å². The Morgan fingerprint density at radius 2 is 2.00 bits per heavy atom. The number of carbonyl (C=O) groups excluding carboxylic acids is 1. The molecule has 2 aromatic rings. The zero-order valence-corrected chi connectivity index (χ0v) is 10.8. The molecule has 110 valence electrons. The van der Waals surface area contributed by atoms with Gasteiger partial charge in [0.05, 0.1) is 11.9 Å². The second-order valence-corrected chi connectivity index (χ2v) is 4.59. The summed E-state index contributed by atoms with van der Waals surface area (Å²) in [5, 5.41) is 12.0. The molecule has 0 bridgehead atoms. The maximum Gasteiger partial charge on any atom is 0.433 e. The minimum absolute atomic E-state index is 0.0417. The summed E-state index contributed by atoms with van der Waals surface area (Å²) in [6.45, 7) is 0. The number of halogens is 3. The van der Waals surface area contributed by atoms with Gasteiger partial charge in [-0.15, -0.1) is 11.3 Å². The zero-order chi connectivity index (χ0) is 15.6. The van der Waals surface area contributed by atoms with Crippen LogP contribution < -0.4 is 5.32 Å². The van der Waals surface area contributed by atoms with Gasteiger partial charge < -0.3 is 10.4 Å². The number of rotatable bonds is 3. The third-order valence-electron chi connectivity index (χ3n) is 2.23. The van der Waals surface area contributed by atoms with Crippen LogP contribution in [0.5, 0.6) is 0 Å². The molecule has 2 N–H and O–H groups in total. The van der Waals surface area contributed by atoms with Gasteiger partial charge in [0.2, 0.25) is 0 Å². The Morgan fingerprint density at radius 1 is 1.29 bits per heavy atom. The van der Waals surface area contributed by atoms with Crippen LogP contribution in [0.2, 0.25) is 0 Å². The first-order valence-electron chi connectivity index (χ1n) is 5.31. The lowest BCUT2D eigenvalue weighted by molar-refractivity contribution is -0.141. The number of thiazole rings is 1. The summed E-state index contributed by atoms with van der Waals surface area (Å²) >= 11 is 0.808. The first-order chi connectivity index (χ1) is 9.77. The molecule has 0 radical (unpaired) electrons. The smallest absolute Gasteiger partial charge is 0.433 e. The fourth-order valence-corrected chi connectivity index (χ4v) is 1.98. The van der Waals surface area contributed by atoms with Crippen molar-refractivity contribution in [3.63, 3.8) is 0 Å². The van der Waals surface area contributed by atoms with Gasteiger partial charge in [-0.2, -0.15) is 13.2 Å². The number of hydrogen-bond donors (Lipinski definition) is 2. The Balaban J connectivity index is 2.10. The highest BCUT2D eigenvalue weighted by Gasteiger charge is 2.32. The van der Waals surface area contributed by atoms with Crippen LogP contribution in [-0.4, -0.2) is 27.0 Å². The molecule has 6 nitrogen and oxygen atoms in total. The van der Waals surface area contributed by atoms with Gasteiger partial charge in [0.25, 0.3) is 5.91 Å². The van der Waals surface area contributed by atoms with E-state index in [9.17, 15) is 22.8 Å². The minimum Gasteiger partial charge on any atom is -0.476 e. The molecule has 0 unspecified atom stereocenters. The third kappa shape index (κ3) is 3.54. The molecule has 0 aliphatic carbocycles. The summed E-state index contributed by atoms with van der Waals surface area (Å²) in [4.78, 5) is 29.1. The number of carbonyl (C=O) groups is 2. The van der Waals surface area contributed by atoms with Crippen molar-refractivity contribution < 1.29 is 27.9 Å². The SMILES string of the molecule is O=C(O)c1csc(C(=O)Nc2ccc(C(F)(F)F)nc2)n1. The number of aromatic nitrogens is 2. The van der Waals surface area contributed by atoms with Gasteiger partial charge in [0, 0.05) is 5.38 Å². The van der Waals surface area contributed by atoms with E-state index >= 15 is 0 Å². The quantitative estimate of drug-likeness (QED) is 0.907. The highest BCUT2D eigenvalue weighted by Crippen LogP contribution is 2.27. The monoisotopic (exact) mass is 317 g/mol.